The van der Waals surface area contributed by atoms with Crippen molar-refractivity contribution in [3.8, 4) is 11.3 Å². The largest absolute Gasteiger partial charge is 0.325 e. The molecule has 0 atom stereocenters. The first-order chi connectivity index (χ1) is 14.0. The molecule has 0 aliphatic heterocycles. The smallest absolute Gasteiger partial charge is 0.290 e. The number of rotatable bonds is 5. The predicted octanol–water partition coefficient (Wildman–Crippen LogP) is 3.26. The second-order valence-electron chi connectivity index (χ2n) is 6.37. The number of nitrogens with zero attached hydrogens (tertiary/aromatic N) is 3. The van der Waals surface area contributed by atoms with E-state index in [1.807, 2.05) is 31.2 Å². The van der Waals surface area contributed by atoms with Gasteiger partial charge in [0.25, 0.3) is 5.56 Å². The molecule has 0 saturated carbocycles. The molecule has 2 aromatic heterocycles. The molecule has 2 N–H and O–H groups in total. The average molecular weight is 409 g/mol. The molecule has 7 nitrogen and oxygen atoms in total. The molecule has 2 heterocycles. The molecule has 146 valence electrons. The van der Waals surface area contributed by atoms with E-state index in [1.54, 1.807) is 18.2 Å². The van der Waals surface area contributed by atoms with Crippen molar-refractivity contribution in [2.75, 3.05) is 11.1 Å². The number of nitrogens with one attached hydrogen (secondary N) is 2. The molecule has 0 spiro atoms. The van der Waals surface area contributed by atoms with Crippen molar-refractivity contribution in [1.82, 2.24) is 19.8 Å². The maximum absolute atomic E-state index is 13.2. The number of benzene rings is 2. The molecular weight excluding hydrogens is 393 g/mol. The molecule has 2 aromatic carbocycles. The molecular formula is C20H16FN5O2S. The lowest BCUT2D eigenvalue weighted by Gasteiger charge is -2.06. The number of aromatic amines is 1. The molecule has 4 rings (SSSR count). The Labute approximate surface area is 169 Å². The summed E-state index contributed by atoms with van der Waals surface area (Å²) in [6.45, 7) is 1.97. The van der Waals surface area contributed by atoms with E-state index in [1.165, 1.54) is 16.6 Å². The number of fused-ring (bicyclic) bond motifs is 1. The standard InChI is InChI=1S/C20H16FN5O2S/c1-12-2-8-15(9-3-12)22-18(27)11-29-20-24-23-19(28)17-10-16(25-26(17)20)13-4-6-14(21)7-5-13/h2-10H,11H2,1H3,(H,22,27)(H,23,28). The van der Waals surface area contributed by atoms with E-state index < -0.39 is 5.56 Å². The molecule has 4 aromatic rings. The van der Waals surface area contributed by atoms with E-state index in [0.29, 0.717) is 27.6 Å². The van der Waals surface area contributed by atoms with E-state index in [-0.39, 0.29) is 17.5 Å². The van der Waals surface area contributed by atoms with Crippen LogP contribution in [0.1, 0.15) is 5.56 Å². The number of halogens is 1. The highest BCUT2D eigenvalue weighted by Crippen LogP contribution is 2.22. The number of H-pyrrole nitrogens is 1. The first kappa shape index (κ1) is 18.9. The monoisotopic (exact) mass is 409 g/mol. The highest BCUT2D eigenvalue weighted by molar-refractivity contribution is 7.99. The van der Waals surface area contributed by atoms with Gasteiger partial charge in [0.2, 0.25) is 11.1 Å². The van der Waals surface area contributed by atoms with Gasteiger partial charge in [0.05, 0.1) is 11.4 Å². The van der Waals surface area contributed by atoms with Crippen LogP contribution >= 0.6 is 11.8 Å². The van der Waals surface area contributed by atoms with Gasteiger partial charge in [-0.3, -0.25) is 9.59 Å². The summed E-state index contributed by atoms with van der Waals surface area (Å²) in [5.41, 5.74) is 2.88. The second kappa shape index (κ2) is 7.88. The zero-order chi connectivity index (χ0) is 20.4. The van der Waals surface area contributed by atoms with E-state index in [2.05, 4.69) is 20.6 Å². The second-order valence-corrected chi connectivity index (χ2v) is 7.31. The number of carbonyl (C=O) groups excluding carboxylic acids is 1. The van der Waals surface area contributed by atoms with Crippen LogP contribution in [0.25, 0.3) is 16.8 Å². The first-order valence-corrected chi connectivity index (χ1v) is 9.72. The lowest BCUT2D eigenvalue weighted by molar-refractivity contribution is -0.113. The van der Waals surface area contributed by atoms with Gasteiger partial charge in [-0.25, -0.2) is 14.0 Å². The molecule has 0 radical (unpaired) electrons. The van der Waals surface area contributed by atoms with Gasteiger partial charge in [-0.1, -0.05) is 29.5 Å². The molecule has 0 fully saturated rings. The summed E-state index contributed by atoms with van der Waals surface area (Å²) in [4.78, 5) is 24.3. The third-order valence-electron chi connectivity index (χ3n) is 4.18. The Hall–Kier alpha value is -3.46. The van der Waals surface area contributed by atoms with Crippen molar-refractivity contribution in [3.63, 3.8) is 0 Å². The minimum absolute atomic E-state index is 0.0910. The summed E-state index contributed by atoms with van der Waals surface area (Å²) in [6.07, 6.45) is 0. The Morgan fingerprint density at radius 3 is 2.62 bits per heavy atom. The molecule has 0 aliphatic rings. The normalized spacial score (nSPS) is 11.0. The van der Waals surface area contributed by atoms with Gasteiger partial charge in [-0.2, -0.15) is 5.10 Å². The lowest BCUT2D eigenvalue weighted by Crippen LogP contribution is -2.17. The predicted molar refractivity (Wildman–Crippen MR) is 110 cm³/mol. The summed E-state index contributed by atoms with van der Waals surface area (Å²) < 4.78 is 14.5. The maximum atomic E-state index is 13.2. The van der Waals surface area contributed by atoms with Crippen LogP contribution in [-0.2, 0) is 4.79 Å². The fraction of sp³-hybridized carbons (Fsp3) is 0.100. The number of carbonyl (C=O) groups is 1. The first-order valence-electron chi connectivity index (χ1n) is 8.73. The van der Waals surface area contributed by atoms with Gasteiger partial charge in [-0.05, 0) is 49.4 Å². The van der Waals surface area contributed by atoms with Crippen LogP contribution < -0.4 is 10.9 Å². The van der Waals surface area contributed by atoms with Gasteiger partial charge < -0.3 is 5.32 Å². The summed E-state index contributed by atoms with van der Waals surface area (Å²) >= 11 is 1.15. The Kier molecular flexibility index (Phi) is 5.13. The third-order valence-corrected chi connectivity index (χ3v) is 5.11. The van der Waals surface area contributed by atoms with Crippen molar-refractivity contribution >= 4 is 28.9 Å². The fourth-order valence-corrected chi connectivity index (χ4v) is 3.42. The number of thioether (sulfide) groups is 1. The van der Waals surface area contributed by atoms with E-state index in [4.69, 9.17) is 0 Å². The number of hydrogen-bond donors (Lipinski definition) is 2. The molecule has 9 heteroatoms. The maximum Gasteiger partial charge on any atom is 0.290 e. The summed E-state index contributed by atoms with van der Waals surface area (Å²) in [7, 11) is 0. The van der Waals surface area contributed by atoms with Crippen LogP contribution in [0.15, 0.2) is 64.5 Å². The highest BCUT2D eigenvalue weighted by atomic mass is 32.2. The van der Waals surface area contributed by atoms with Crippen LogP contribution in [0, 0.1) is 12.7 Å². The fourth-order valence-electron chi connectivity index (χ4n) is 2.71. The quantitative estimate of drug-likeness (QED) is 0.494. The average Bonchev–Trinajstić information content (AvgIpc) is 3.16. The molecule has 0 bridgehead atoms. The minimum Gasteiger partial charge on any atom is -0.325 e. The molecule has 0 saturated heterocycles. The van der Waals surface area contributed by atoms with E-state index >= 15 is 0 Å². The summed E-state index contributed by atoms with van der Waals surface area (Å²) in [6, 6.07) is 14.9. The van der Waals surface area contributed by atoms with E-state index in [0.717, 1.165) is 17.3 Å². The van der Waals surface area contributed by atoms with Gasteiger partial charge in [0.15, 0.2) is 0 Å². The Morgan fingerprint density at radius 2 is 1.90 bits per heavy atom. The van der Waals surface area contributed by atoms with Gasteiger partial charge in [0, 0.05) is 11.3 Å². The highest BCUT2D eigenvalue weighted by Gasteiger charge is 2.14. The third kappa shape index (κ3) is 4.19. The van der Waals surface area contributed by atoms with Gasteiger partial charge in [-0.15, -0.1) is 5.10 Å². The van der Waals surface area contributed by atoms with Crippen molar-refractivity contribution in [2.45, 2.75) is 12.1 Å². The Morgan fingerprint density at radius 1 is 1.17 bits per heavy atom. The number of amides is 1. The van der Waals surface area contributed by atoms with Crippen molar-refractivity contribution in [3.05, 3.63) is 76.3 Å². The van der Waals surface area contributed by atoms with Crippen LogP contribution in [-0.4, -0.2) is 31.5 Å². The molecule has 29 heavy (non-hydrogen) atoms. The Bertz CT molecular complexity index is 1230. The van der Waals surface area contributed by atoms with Crippen molar-refractivity contribution in [2.24, 2.45) is 0 Å². The topological polar surface area (TPSA) is 92.1 Å². The SMILES string of the molecule is Cc1ccc(NC(=O)CSc2n[nH]c(=O)c3cc(-c4ccc(F)cc4)nn23)cc1. The molecule has 0 unspecified atom stereocenters. The van der Waals surface area contributed by atoms with Crippen LogP contribution in [0.3, 0.4) is 0 Å². The number of aromatic nitrogens is 4. The zero-order valence-electron chi connectivity index (χ0n) is 15.3. The number of anilines is 1. The van der Waals surface area contributed by atoms with Crippen molar-refractivity contribution in [1.29, 1.82) is 0 Å². The number of hydrogen-bond acceptors (Lipinski definition) is 5. The minimum atomic E-state index is -0.403. The number of aryl methyl sites for hydroxylation is 1. The summed E-state index contributed by atoms with van der Waals surface area (Å²) in [5, 5.41) is 14.0. The van der Waals surface area contributed by atoms with Crippen LogP contribution in [0.2, 0.25) is 0 Å². The van der Waals surface area contributed by atoms with Crippen molar-refractivity contribution < 1.29 is 9.18 Å². The van der Waals surface area contributed by atoms with Gasteiger partial charge >= 0.3 is 0 Å². The molecule has 1 amide bonds. The van der Waals surface area contributed by atoms with E-state index in [9.17, 15) is 14.0 Å². The summed E-state index contributed by atoms with van der Waals surface area (Å²) in [5.74, 6) is -0.466. The van der Waals surface area contributed by atoms with Crippen LogP contribution in [0.5, 0.6) is 0 Å². The van der Waals surface area contributed by atoms with Gasteiger partial charge in [0.1, 0.15) is 11.3 Å². The Balaban J connectivity index is 1.55. The van der Waals surface area contributed by atoms with Crippen LogP contribution in [0.4, 0.5) is 10.1 Å². The molecule has 0 aliphatic carbocycles. The zero-order valence-corrected chi connectivity index (χ0v) is 16.2. The lowest BCUT2D eigenvalue weighted by atomic mass is 10.1.